The van der Waals surface area contributed by atoms with Gasteiger partial charge in [0.1, 0.15) is 5.85 Å². The van der Waals surface area contributed by atoms with Gasteiger partial charge in [-0.25, -0.2) is 0 Å². The van der Waals surface area contributed by atoms with E-state index in [1.165, 1.54) is 0 Å². The Morgan fingerprint density at radius 1 is 0.933 bits per heavy atom. The summed E-state index contributed by atoms with van der Waals surface area (Å²) in [5, 5.41) is 0. The highest BCUT2D eigenvalue weighted by molar-refractivity contribution is 7.61. The van der Waals surface area contributed by atoms with Gasteiger partial charge in [-0.3, -0.25) is 9.55 Å². The largest absolute Gasteiger partial charge is 0.402 e. The maximum atomic E-state index is 14.9. The molecule has 1 aromatic heterocycles. The third-order valence-corrected chi connectivity index (χ3v) is 11.3. The molecule has 1 rings (SSSR count). The number of hydrogen-bond acceptors (Lipinski definition) is 5. The molecule has 0 saturated carbocycles. The van der Waals surface area contributed by atoms with E-state index in [4.69, 9.17) is 13.1 Å². The van der Waals surface area contributed by atoms with Gasteiger partial charge in [0, 0.05) is 18.0 Å². The van der Waals surface area contributed by atoms with Crippen LogP contribution in [0.2, 0.25) is 58.9 Å². The second-order valence-corrected chi connectivity index (χ2v) is 26.4. The Bertz CT molecular complexity index is 765. The lowest BCUT2D eigenvalue weighted by Gasteiger charge is -2.40. The molecule has 0 aliphatic heterocycles. The molecule has 5 nitrogen and oxygen atoms in total. The molecule has 0 aromatic carbocycles. The molecule has 1 heterocycles. The zero-order chi connectivity index (χ0) is 23.2. The lowest BCUT2D eigenvalue weighted by molar-refractivity contribution is 0.223. The van der Waals surface area contributed by atoms with Crippen molar-refractivity contribution < 1.29 is 17.6 Å². The van der Waals surface area contributed by atoms with Crippen molar-refractivity contribution in [3.8, 4) is 0 Å². The van der Waals surface area contributed by atoms with E-state index in [0.29, 0.717) is 0 Å². The minimum atomic E-state index is -3.49. The summed E-state index contributed by atoms with van der Waals surface area (Å²) in [5.74, 6) is -1.41. The van der Waals surface area contributed by atoms with Crippen molar-refractivity contribution in [3.63, 3.8) is 0 Å². The zero-order valence-corrected chi connectivity index (χ0v) is 24.2. The molecule has 170 valence electrons. The quantitative estimate of drug-likeness (QED) is 0.186. The average Bonchev–Trinajstić information content (AvgIpc) is 2.56. The fraction of sp³-hybridized carbons (Fsp3) is 0.571. The highest BCUT2D eigenvalue weighted by atomic mass is 31.2. The average molecular weight is 486 g/mol. The maximum absolute atomic E-state index is 14.9. The first-order valence-electron chi connectivity index (χ1n) is 10.4. The number of hydrogen-bond donors (Lipinski definition) is 0. The number of allylic oxidation sites excluding steroid dienone is 3. The number of aromatic nitrogens is 1. The lowest BCUT2D eigenvalue weighted by Crippen LogP contribution is -2.38. The molecule has 30 heavy (non-hydrogen) atoms. The monoisotopic (exact) mass is 485 g/mol. The van der Waals surface area contributed by atoms with Gasteiger partial charge in [0.05, 0.1) is 0 Å². The Kier molecular flexibility index (Phi) is 9.88. The Labute approximate surface area is 186 Å². The van der Waals surface area contributed by atoms with E-state index < -0.39 is 44.0 Å². The summed E-state index contributed by atoms with van der Waals surface area (Å²) in [6.07, 6.45) is 11.0. The second-order valence-electron chi connectivity index (χ2n) is 10.2. The van der Waals surface area contributed by atoms with Crippen LogP contribution in [0.1, 0.15) is 18.3 Å². The van der Waals surface area contributed by atoms with E-state index in [1.807, 2.05) is 43.4 Å². The highest BCUT2D eigenvalue weighted by Gasteiger charge is 2.48. The van der Waals surface area contributed by atoms with Crippen LogP contribution in [0.5, 0.6) is 0 Å². The van der Waals surface area contributed by atoms with Crippen molar-refractivity contribution >= 4 is 32.3 Å². The molecular formula is C21H40NO4PSi3. The Balaban J connectivity index is 3.71. The van der Waals surface area contributed by atoms with Gasteiger partial charge < -0.3 is 13.1 Å². The number of rotatable bonds is 11. The Morgan fingerprint density at radius 3 is 1.97 bits per heavy atom. The van der Waals surface area contributed by atoms with Gasteiger partial charge in [-0.05, 0) is 78.0 Å². The molecular weight excluding hydrogens is 445 g/mol. The Hall–Kier alpha value is -0.609. The fourth-order valence-electron chi connectivity index (χ4n) is 2.73. The van der Waals surface area contributed by atoms with Gasteiger partial charge >= 0.3 is 0 Å². The summed E-state index contributed by atoms with van der Waals surface area (Å²) >= 11 is 0. The summed E-state index contributed by atoms with van der Waals surface area (Å²) < 4.78 is 34.4. The van der Waals surface area contributed by atoms with E-state index >= 15 is 0 Å². The maximum Gasteiger partial charge on any atom is 0.255 e. The smallest absolute Gasteiger partial charge is 0.255 e. The van der Waals surface area contributed by atoms with Gasteiger partial charge in [-0.1, -0.05) is 24.3 Å². The van der Waals surface area contributed by atoms with Crippen LogP contribution in [-0.4, -0.2) is 35.8 Å². The van der Waals surface area contributed by atoms with Crippen molar-refractivity contribution in [2.24, 2.45) is 0 Å². The first kappa shape index (κ1) is 27.4. The summed E-state index contributed by atoms with van der Waals surface area (Å²) in [7, 11) is -9.82. The third-order valence-electron chi connectivity index (χ3n) is 3.59. The molecule has 0 radical (unpaired) electrons. The van der Waals surface area contributed by atoms with Crippen LogP contribution < -0.4 is 0 Å². The molecule has 0 aliphatic carbocycles. The summed E-state index contributed by atoms with van der Waals surface area (Å²) in [5.41, 5.74) is 0.769. The zero-order valence-electron chi connectivity index (χ0n) is 20.3. The van der Waals surface area contributed by atoms with Gasteiger partial charge in [-0.2, -0.15) is 0 Å². The first-order valence-corrected chi connectivity index (χ1v) is 22.4. The van der Waals surface area contributed by atoms with Gasteiger partial charge in [0.25, 0.3) is 7.37 Å². The molecule has 9 heteroatoms. The van der Waals surface area contributed by atoms with Crippen molar-refractivity contribution in [3.05, 3.63) is 54.4 Å². The van der Waals surface area contributed by atoms with Gasteiger partial charge in [-0.15, -0.1) is 0 Å². The molecule has 0 bridgehead atoms. The summed E-state index contributed by atoms with van der Waals surface area (Å²) in [4.78, 5) is 4.26. The van der Waals surface area contributed by atoms with Crippen molar-refractivity contribution in [2.45, 2.75) is 77.5 Å². The van der Waals surface area contributed by atoms with Crippen LogP contribution in [0.3, 0.4) is 0 Å². The van der Waals surface area contributed by atoms with E-state index in [-0.39, 0.29) is 0 Å². The molecule has 0 amide bonds. The van der Waals surface area contributed by atoms with Crippen LogP contribution in [0.25, 0.3) is 0 Å². The summed E-state index contributed by atoms with van der Waals surface area (Å²) in [6, 6.07) is 3.76. The van der Waals surface area contributed by atoms with Crippen molar-refractivity contribution in [1.29, 1.82) is 0 Å². The van der Waals surface area contributed by atoms with Crippen LogP contribution in [0.15, 0.2) is 48.8 Å². The minimum Gasteiger partial charge on any atom is -0.402 e. The fourth-order valence-corrected chi connectivity index (χ4v) is 12.8. The van der Waals surface area contributed by atoms with Gasteiger partial charge in [0.2, 0.25) is 0 Å². The third kappa shape index (κ3) is 9.68. The van der Waals surface area contributed by atoms with Crippen LogP contribution in [0.4, 0.5) is 0 Å². The summed E-state index contributed by atoms with van der Waals surface area (Å²) in [6.45, 7) is 20.7. The van der Waals surface area contributed by atoms with Crippen LogP contribution in [0, 0.1) is 0 Å². The molecule has 3 atom stereocenters. The SMILES string of the molecule is CC=CC=CC(O[Si](C)(C)C)P(=O)(O[Si](C)(C)C)C(O[Si](C)(C)C)c1cccnc1. The first-order chi connectivity index (χ1) is 13.6. The molecule has 0 saturated heterocycles. The lowest BCUT2D eigenvalue weighted by atomic mass is 10.3. The molecule has 0 spiro atoms. The van der Waals surface area contributed by atoms with E-state index in [2.05, 4.69) is 63.9 Å². The van der Waals surface area contributed by atoms with Crippen LogP contribution in [-0.2, 0) is 17.6 Å². The van der Waals surface area contributed by atoms with Crippen molar-refractivity contribution in [1.82, 2.24) is 4.98 Å². The van der Waals surface area contributed by atoms with E-state index in [1.54, 1.807) is 12.4 Å². The standard InChI is InChI=1S/C21H40NO4PSi3/c1-11-12-13-16-20(24-28(2,3)4)27(23,26-30(8,9)10)21(25-29(5,6)7)19-15-14-17-22-18-19/h11-18,20-21H,1-10H3. The minimum absolute atomic E-state index is 0.686. The van der Waals surface area contributed by atoms with E-state index in [0.717, 1.165) is 5.56 Å². The Morgan fingerprint density at radius 2 is 1.53 bits per heavy atom. The topological polar surface area (TPSA) is 57.7 Å². The van der Waals surface area contributed by atoms with E-state index in [9.17, 15) is 4.57 Å². The molecule has 0 aliphatic rings. The predicted molar refractivity (Wildman–Crippen MR) is 136 cm³/mol. The number of pyridine rings is 1. The molecule has 3 unspecified atom stereocenters. The van der Waals surface area contributed by atoms with Crippen LogP contribution >= 0.6 is 7.37 Å². The highest BCUT2D eigenvalue weighted by Crippen LogP contribution is 2.67. The number of nitrogens with zero attached hydrogens (tertiary/aromatic N) is 1. The normalized spacial score (nSPS) is 17.9. The van der Waals surface area contributed by atoms with Gasteiger partial charge in [0.15, 0.2) is 30.8 Å². The predicted octanol–water partition coefficient (Wildman–Crippen LogP) is 7.37. The van der Waals surface area contributed by atoms with Crippen molar-refractivity contribution in [2.75, 3.05) is 0 Å². The second kappa shape index (κ2) is 10.8. The molecule has 0 fully saturated rings. The molecule has 0 N–H and O–H groups in total. The molecule has 1 aromatic rings.